The van der Waals surface area contributed by atoms with Gasteiger partial charge in [0.25, 0.3) is 11.5 Å². The van der Waals surface area contributed by atoms with Crippen LogP contribution in [0.1, 0.15) is 41.0 Å². The fourth-order valence-corrected chi connectivity index (χ4v) is 5.23. The molecule has 2 aromatic rings. The SMILES string of the molecule is CO[C@](C(=O)N1CCC2(CC1)OC(=O)NC[C@H]2c1ccc(F)cc1)(c1ccc(C)c(C)c1)C(F)(F)F. The highest BCUT2D eigenvalue weighted by atomic mass is 19.4. The molecule has 2 aliphatic heterocycles. The van der Waals surface area contributed by atoms with Crippen LogP contribution in [0.3, 0.4) is 0 Å². The van der Waals surface area contributed by atoms with Crippen molar-refractivity contribution in [1.29, 1.82) is 0 Å². The molecule has 2 aliphatic rings. The first-order valence-corrected chi connectivity index (χ1v) is 11.6. The molecule has 0 saturated carbocycles. The third-order valence-corrected chi connectivity index (χ3v) is 7.47. The van der Waals surface area contributed by atoms with E-state index in [1.165, 1.54) is 30.3 Å². The fraction of sp³-hybridized carbons (Fsp3) is 0.462. The lowest BCUT2D eigenvalue weighted by molar-refractivity contribution is -0.271. The number of carbonyl (C=O) groups is 2. The van der Waals surface area contributed by atoms with E-state index in [4.69, 9.17) is 9.47 Å². The van der Waals surface area contributed by atoms with Gasteiger partial charge in [-0.25, -0.2) is 9.18 Å². The van der Waals surface area contributed by atoms with Crippen LogP contribution in [0.4, 0.5) is 22.4 Å². The number of amides is 2. The smallest absolute Gasteiger partial charge is 0.430 e. The number of piperidine rings is 1. The molecule has 10 heteroatoms. The molecule has 0 radical (unpaired) electrons. The predicted molar refractivity (Wildman–Crippen MR) is 123 cm³/mol. The molecule has 6 nitrogen and oxygen atoms in total. The highest BCUT2D eigenvalue weighted by molar-refractivity contribution is 5.88. The van der Waals surface area contributed by atoms with Crippen LogP contribution >= 0.6 is 0 Å². The summed E-state index contributed by atoms with van der Waals surface area (Å²) in [5.74, 6) is -1.99. The van der Waals surface area contributed by atoms with E-state index in [1.807, 2.05) is 0 Å². The van der Waals surface area contributed by atoms with Crippen LogP contribution in [-0.2, 0) is 19.9 Å². The van der Waals surface area contributed by atoms with Crippen LogP contribution in [0, 0.1) is 19.7 Å². The first kappa shape index (κ1) is 25.9. The molecule has 4 rings (SSSR count). The Kier molecular flexibility index (Phi) is 6.76. The number of ether oxygens (including phenoxy) is 2. The van der Waals surface area contributed by atoms with Crippen LogP contribution in [0.5, 0.6) is 0 Å². The number of alkyl carbamates (subject to hydrolysis) is 1. The topological polar surface area (TPSA) is 67.9 Å². The van der Waals surface area contributed by atoms with Crippen LogP contribution in [0.15, 0.2) is 42.5 Å². The maximum atomic E-state index is 14.5. The summed E-state index contributed by atoms with van der Waals surface area (Å²) < 4.78 is 67.8. The number of hydrogen-bond acceptors (Lipinski definition) is 4. The molecule has 0 unspecified atom stereocenters. The van der Waals surface area contributed by atoms with E-state index < -0.39 is 35.2 Å². The van der Waals surface area contributed by atoms with E-state index in [0.717, 1.165) is 23.1 Å². The fourth-order valence-electron chi connectivity index (χ4n) is 5.23. The number of likely N-dealkylation sites (tertiary alicyclic amines) is 1. The molecule has 2 saturated heterocycles. The first-order valence-electron chi connectivity index (χ1n) is 11.6. The number of alkyl halides is 3. The van der Waals surface area contributed by atoms with E-state index in [-0.39, 0.29) is 44.0 Å². The quantitative estimate of drug-likeness (QED) is 0.607. The van der Waals surface area contributed by atoms with E-state index in [0.29, 0.717) is 5.56 Å². The number of hydrogen-bond donors (Lipinski definition) is 1. The van der Waals surface area contributed by atoms with Gasteiger partial charge in [0, 0.05) is 51.1 Å². The molecule has 2 fully saturated rings. The van der Waals surface area contributed by atoms with Gasteiger partial charge >= 0.3 is 12.3 Å². The van der Waals surface area contributed by atoms with Crippen molar-refractivity contribution in [1.82, 2.24) is 10.2 Å². The molecule has 194 valence electrons. The molecule has 2 atom stereocenters. The van der Waals surface area contributed by atoms with Crippen molar-refractivity contribution in [3.05, 3.63) is 70.5 Å². The minimum Gasteiger partial charge on any atom is -0.442 e. The number of benzene rings is 2. The Balaban J connectivity index is 1.64. The normalized spacial score (nSPS) is 21.5. The second-order valence-corrected chi connectivity index (χ2v) is 9.41. The van der Waals surface area contributed by atoms with E-state index in [9.17, 15) is 27.2 Å². The lowest BCUT2D eigenvalue weighted by atomic mass is 9.74. The molecule has 2 amide bonds. The summed E-state index contributed by atoms with van der Waals surface area (Å²) >= 11 is 0. The van der Waals surface area contributed by atoms with Gasteiger partial charge in [-0.3, -0.25) is 4.79 Å². The zero-order valence-electron chi connectivity index (χ0n) is 20.2. The van der Waals surface area contributed by atoms with Crippen molar-refractivity contribution >= 4 is 12.0 Å². The zero-order valence-corrected chi connectivity index (χ0v) is 20.2. The number of nitrogens with zero attached hydrogens (tertiary/aromatic N) is 1. The monoisotopic (exact) mass is 508 g/mol. The van der Waals surface area contributed by atoms with Gasteiger partial charge in [-0.05, 0) is 42.7 Å². The predicted octanol–water partition coefficient (Wildman–Crippen LogP) is 4.73. The van der Waals surface area contributed by atoms with Gasteiger partial charge in [-0.15, -0.1) is 0 Å². The van der Waals surface area contributed by atoms with Gasteiger partial charge in [0.1, 0.15) is 11.4 Å². The van der Waals surface area contributed by atoms with Crippen LogP contribution in [0.2, 0.25) is 0 Å². The summed E-state index contributed by atoms with van der Waals surface area (Å²) in [7, 11) is 0.880. The van der Waals surface area contributed by atoms with E-state index in [1.54, 1.807) is 26.0 Å². The molecule has 1 spiro atoms. The lowest BCUT2D eigenvalue weighted by Gasteiger charge is -2.49. The Hall–Kier alpha value is -3.14. The standard InChI is InChI=1S/C26H28F4N2O4/c1-16-4-7-19(14-17(16)2)25(35-3,26(28,29)30)22(33)32-12-10-24(11-13-32)21(15-31-23(34)36-24)18-5-8-20(27)9-6-18/h4-9,14,21H,10-13,15H2,1-3H3,(H,31,34)/t21-,25-/m0/s1. The molecule has 0 aliphatic carbocycles. The van der Waals surface area contributed by atoms with Gasteiger partial charge in [0.15, 0.2) is 0 Å². The molecule has 1 N–H and O–H groups in total. The Bertz CT molecular complexity index is 1140. The number of rotatable bonds is 4. The van der Waals surface area contributed by atoms with Gasteiger partial charge < -0.3 is 19.7 Å². The second kappa shape index (κ2) is 9.38. The zero-order chi connectivity index (χ0) is 26.3. The lowest BCUT2D eigenvalue weighted by Crippen LogP contribution is -2.62. The Morgan fingerprint density at radius 1 is 1.08 bits per heavy atom. The molecule has 0 aromatic heterocycles. The minimum atomic E-state index is -5.02. The number of aryl methyl sites for hydroxylation is 2. The average molecular weight is 509 g/mol. The number of halogens is 4. The molecule has 0 bridgehead atoms. The Labute approximate surface area is 206 Å². The van der Waals surface area contributed by atoms with Crippen molar-refractivity contribution in [2.24, 2.45) is 0 Å². The van der Waals surface area contributed by atoms with Crippen molar-refractivity contribution in [3.8, 4) is 0 Å². The second-order valence-electron chi connectivity index (χ2n) is 9.41. The van der Waals surface area contributed by atoms with Gasteiger partial charge in [0.2, 0.25) is 0 Å². The summed E-state index contributed by atoms with van der Waals surface area (Å²) in [5, 5.41) is 2.63. The van der Waals surface area contributed by atoms with Gasteiger partial charge in [-0.1, -0.05) is 30.3 Å². The van der Waals surface area contributed by atoms with Crippen molar-refractivity contribution in [2.75, 3.05) is 26.7 Å². The number of carbonyl (C=O) groups excluding carboxylic acids is 2. The third-order valence-electron chi connectivity index (χ3n) is 7.47. The van der Waals surface area contributed by atoms with Crippen molar-refractivity contribution in [2.45, 2.75) is 50.0 Å². The highest BCUT2D eigenvalue weighted by Crippen LogP contribution is 2.46. The summed E-state index contributed by atoms with van der Waals surface area (Å²) in [6.45, 7) is 3.52. The summed E-state index contributed by atoms with van der Waals surface area (Å²) in [6.07, 6.45) is -5.41. The molecule has 2 aromatic carbocycles. The molecule has 36 heavy (non-hydrogen) atoms. The first-order chi connectivity index (χ1) is 16.9. The van der Waals surface area contributed by atoms with E-state index >= 15 is 0 Å². The van der Waals surface area contributed by atoms with Gasteiger partial charge in [0.05, 0.1) is 0 Å². The molecular formula is C26H28F4N2O4. The summed E-state index contributed by atoms with van der Waals surface area (Å²) in [6, 6.07) is 9.93. The minimum absolute atomic E-state index is 0.0736. The van der Waals surface area contributed by atoms with E-state index in [2.05, 4.69) is 5.32 Å². The maximum Gasteiger partial charge on any atom is 0.430 e. The largest absolute Gasteiger partial charge is 0.442 e. The average Bonchev–Trinajstić information content (AvgIpc) is 2.82. The van der Waals surface area contributed by atoms with Gasteiger partial charge in [-0.2, -0.15) is 13.2 Å². The number of methoxy groups -OCH3 is 1. The molecule has 2 heterocycles. The third kappa shape index (κ3) is 4.31. The Morgan fingerprint density at radius 2 is 1.72 bits per heavy atom. The Morgan fingerprint density at radius 3 is 2.28 bits per heavy atom. The van der Waals surface area contributed by atoms with Crippen LogP contribution < -0.4 is 5.32 Å². The summed E-state index contributed by atoms with van der Waals surface area (Å²) in [4.78, 5) is 26.8. The van der Waals surface area contributed by atoms with Crippen LogP contribution in [0.25, 0.3) is 0 Å². The van der Waals surface area contributed by atoms with Crippen molar-refractivity contribution in [3.63, 3.8) is 0 Å². The number of nitrogens with one attached hydrogen (secondary N) is 1. The summed E-state index contributed by atoms with van der Waals surface area (Å²) in [5.41, 5.74) is -2.37. The van der Waals surface area contributed by atoms with Crippen LogP contribution in [-0.4, -0.2) is 55.4 Å². The van der Waals surface area contributed by atoms with Crippen molar-refractivity contribution < 1.29 is 36.6 Å². The highest BCUT2D eigenvalue weighted by Gasteiger charge is 2.64. The molecular weight excluding hydrogens is 480 g/mol. The maximum absolute atomic E-state index is 14.5.